The first-order valence-corrected chi connectivity index (χ1v) is 9.90. The third-order valence-electron chi connectivity index (χ3n) is 5.60. The molecule has 1 amide bonds. The molecule has 0 atom stereocenters. The Morgan fingerprint density at radius 1 is 1.11 bits per heavy atom. The average molecular weight is 401 g/mol. The van der Waals surface area contributed by atoms with Crippen molar-refractivity contribution < 1.29 is 18.7 Å². The van der Waals surface area contributed by atoms with E-state index in [1.807, 2.05) is 45.9 Å². The van der Waals surface area contributed by atoms with Crippen molar-refractivity contribution in [3.05, 3.63) is 58.9 Å². The molecule has 2 saturated heterocycles. The SMILES string of the molecule is O=C(c1cc2occc2n1Cc1cccc(Cl)c1)N1CCC2(CC1)OCCO2. The highest BCUT2D eigenvalue weighted by atomic mass is 35.5. The normalized spacial score (nSPS) is 19.0. The van der Waals surface area contributed by atoms with E-state index in [1.165, 1.54) is 0 Å². The van der Waals surface area contributed by atoms with Gasteiger partial charge in [0.05, 0.1) is 25.0 Å². The van der Waals surface area contributed by atoms with Crippen LogP contribution < -0.4 is 0 Å². The summed E-state index contributed by atoms with van der Waals surface area (Å²) in [7, 11) is 0. The van der Waals surface area contributed by atoms with E-state index in [4.69, 9.17) is 25.5 Å². The zero-order valence-electron chi connectivity index (χ0n) is 15.4. The maximum atomic E-state index is 13.3. The molecule has 1 aromatic carbocycles. The molecule has 0 saturated carbocycles. The molecule has 5 rings (SSSR count). The predicted molar refractivity (Wildman–Crippen MR) is 105 cm³/mol. The third kappa shape index (κ3) is 3.11. The van der Waals surface area contributed by atoms with Gasteiger partial charge in [-0.1, -0.05) is 23.7 Å². The number of carbonyl (C=O) groups is 1. The van der Waals surface area contributed by atoms with Crippen molar-refractivity contribution in [1.82, 2.24) is 9.47 Å². The molecule has 6 nitrogen and oxygen atoms in total. The fourth-order valence-electron chi connectivity index (χ4n) is 4.14. The number of piperidine rings is 1. The second-order valence-corrected chi connectivity index (χ2v) is 7.75. The molecular formula is C21H21ClN2O4. The second kappa shape index (κ2) is 6.95. The minimum Gasteiger partial charge on any atom is -0.463 e. The van der Waals surface area contributed by atoms with Crippen molar-refractivity contribution in [1.29, 1.82) is 0 Å². The number of hydrogen-bond donors (Lipinski definition) is 0. The van der Waals surface area contributed by atoms with Crippen LogP contribution in [0.5, 0.6) is 0 Å². The smallest absolute Gasteiger partial charge is 0.270 e. The maximum absolute atomic E-state index is 13.3. The molecule has 7 heteroatoms. The summed E-state index contributed by atoms with van der Waals surface area (Å²) in [5.41, 5.74) is 3.27. The van der Waals surface area contributed by atoms with Gasteiger partial charge in [0.1, 0.15) is 5.69 Å². The molecule has 2 fully saturated rings. The monoisotopic (exact) mass is 400 g/mol. The van der Waals surface area contributed by atoms with Gasteiger partial charge in [0, 0.05) is 49.6 Å². The van der Waals surface area contributed by atoms with Gasteiger partial charge in [-0.3, -0.25) is 4.79 Å². The minimum atomic E-state index is -0.493. The highest BCUT2D eigenvalue weighted by molar-refractivity contribution is 6.30. The molecule has 28 heavy (non-hydrogen) atoms. The number of carbonyl (C=O) groups excluding carboxylic acids is 1. The molecule has 0 N–H and O–H groups in total. The van der Waals surface area contributed by atoms with Gasteiger partial charge in [0.25, 0.3) is 5.91 Å². The fraction of sp³-hybridized carbons (Fsp3) is 0.381. The van der Waals surface area contributed by atoms with Gasteiger partial charge in [-0.15, -0.1) is 0 Å². The number of rotatable bonds is 3. The molecule has 3 aromatic rings. The molecule has 1 spiro atoms. The summed E-state index contributed by atoms with van der Waals surface area (Å²) < 4.78 is 19.1. The lowest BCUT2D eigenvalue weighted by Gasteiger charge is -2.37. The summed E-state index contributed by atoms with van der Waals surface area (Å²) in [6, 6.07) is 11.4. The number of aromatic nitrogens is 1. The molecular weight excluding hydrogens is 380 g/mol. The first-order valence-electron chi connectivity index (χ1n) is 9.52. The standard InChI is InChI=1S/C21H21ClN2O4/c22-16-3-1-2-15(12-16)14-24-17-4-9-26-19(17)13-18(24)20(25)23-7-5-21(6-8-23)27-10-11-28-21/h1-4,9,12-13H,5-8,10-11,14H2. The summed E-state index contributed by atoms with van der Waals surface area (Å²) in [5.74, 6) is -0.492. The third-order valence-corrected chi connectivity index (χ3v) is 5.83. The fourth-order valence-corrected chi connectivity index (χ4v) is 4.35. The molecule has 0 unspecified atom stereocenters. The lowest BCUT2D eigenvalue weighted by atomic mass is 10.0. The highest BCUT2D eigenvalue weighted by Gasteiger charge is 2.41. The Balaban J connectivity index is 1.42. The number of furan rings is 1. The Morgan fingerprint density at radius 2 is 1.89 bits per heavy atom. The van der Waals surface area contributed by atoms with E-state index < -0.39 is 5.79 Å². The van der Waals surface area contributed by atoms with E-state index in [0.717, 1.165) is 11.1 Å². The predicted octanol–water partition coefficient (Wildman–Crippen LogP) is 3.92. The van der Waals surface area contributed by atoms with Crippen molar-refractivity contribution in [2.24, 2.45) is 0 Å². The first-order chi connectivity index (χ1) is 13.6. The topological polar surface area (TPSA) is 56.8 Å². The zero-order chi connectivity index (χ0) is 19.1. The van der Waals surface area contributed by atoms with Crippen LogP contribution in [0.2, 0.25) is 5.02 Å². The van der Waals surface area contributed by atoms with Gasteiger partial charge in [0.2, 0.25) is 0 Å². The Kier molecular flexibility index (Phi) is 4.42. The van der Waals surface area contributed by atoms with Gasteiger partial charge in [-0.05, 0) is 17.7 Å². The van der Waals surface area contributed by atoms with Crippen molar-refractivity contribution in [2.45, 2.75) is 25.2 Å². The molecule has 2 aliphatic heterocycles. The van der Waals surface area contributed by atoms with Gasteiger partial charge < -0.3 is 23.4 Å². The molecule has 146 valence electrons. The van der Waals surface area contributed by atoms with E-state index in [1.54, 1.807) is 6.26 Å². The van der Waals surface area contributed by atoms with E-state index in [9.17, 15) is 4.79 Å². The van der Waals surface area contributed by atoms with Crippen LogP contribution in [0.3, 0.4) is 0 Å². The van der Waals surface area contributed by atoms with Gasteiger partial charge in [-0.2, -0.15) is 0 Å². The number of hydrogen-bond acceptors (Lipinski definition) is 4. The summed E-state index contributed by atoms with van der Waals surface area (Å²) in [6.45, 7) is 3.04. The summed E-state index contributed by atoms with van der Waals surface area (Å²) in [4.78, 5) is 15.2. The number of ether oxygens (including phenoxy) is 2. The lowest BCUT2D eigenvalue weighted by molar-refractivity contribution is -0.181. The van der Waals surface area contributed by atoms with Crippen molar-refractivity contribution in [3.8, 4) is 0 Å². The molecule has 2 aliphatic rings. The van der Waals surface area contributed by atoms with E-state index in [2.05, 4.69) is 0 Å². The largest absolute Gasteiger partial charge is 0.463 e. The molecule has 0 radical (unpaired) electrons. The van der Waals surface area contributed by atoms with Crippen LogP contribution >= 0.6 is 11.6 Å². The number of benzene rings is 1. The van der Waals surface area contributed by atoms with Gasteiger partial charge in [0.15, 0.2) is 11.4 Å². The van der Waals surface area contributed by atoms with Crippen LogP contribution in [0.1, 0.15) is 28.9 Å². The van der Waals surface area contributed by atoms with Crippen molar-refractivity contribution in [2.75, 3.05) is 26.3 Å². The minimum absolute atomic E-state index is 0.00118. The number of likely N-dealkylation sites (tertiary alicyclic amines) is 1. The summed E-state index contributed by atoms with van der Waals surface area (Å²) in [5, 5.41) is 0.680. The van der Waals surface area contributed by atoms with Gasteiger partial charge >= 0.3 is 0 Å². The first kappa shape index (κ1) is 17.8. The number of nitrogens with zero attached hydrogens (tertiary/aromatic N) is 2. The quantitative estimate of drug-likeness (QED) is 0.668. The number of halogens is 1. The van der Waals surface area contributed by atoms with E-state index in [0.29, 0.717) is 62.0 Å². The van der Waals surface area contributed by atoms with Gasteiger partial charge in [-0.25, -0.2) is 0 Å². The van der Waals surface area contributed by atoms with Crippen LogP contribution in [0, 0.1) is 0 Å². The Labute approximate surface area is 167 Å². The highest BCUT2D eigenvalue weighted by Crippen LogP contribution is 2.32. The number of amides is 1. The Bertz CT molecular complexity index is 1010. The van der Waals surface area contributed by atoms with E-state index >= 15 is 0 Å². The molecule has 2 aromatic heterocycles. The molecule has 4 heterocycles. The molecule has 0 aliphatic carbocycles. The average Bonchev–Trinajstić information content (AvgIpc) is 3.40. The number of fused-ring (bicyclic) bond motifs is 1. The van der Waals surface area contributed by atoms with Crippen LogP contribution in [-0.4, -0.2) is 47.5 Å². The lowest BCUT2D eigenvalue weighted by Crippen LogP contribution is -2.47. The van der Waals surface area contributed by atoms with Crippen LogP contribution in [0.15, 0.2) is 47.1 Å². The van der Waals surface area contributed by atoms with Crippen LogP contribution in [-0.2, 0) is 16.0 Å². The maximum Gasteiger partial charge on any atom is 0.270 e. The summed E-state index contributed by atoms with van der Waals surface area (Å²) >= 11 is 6.14. The van der Waals surface area contributed by atoms with Crippen LogP contribution in [0.25, 0.3) is 11.1 Å². The van der Waals surface area contributed by atoms with Crippen molar-refractivity contribution >= 4 is 28.6 Å². The van der Waals surface area contributed by atoms with E-state index in [-0.39, 0.29) is 5.91 Å². The Hall–Kier alpha value is -2.28. The second-order valence-electron chi connectivity index (χ2n) is 7.32. The summed E-state index contributed by atoms with van der Waals surface area (Å²) in [6.07, 6.45) is 3.04. The van der Waals surface area contributed by atoms with Crippen molar-refractivity contribution in [3.63, 3.8) is 0 Å². The molecule has 0 bridgehead atoms. The zero-order valence-corrected chi connectivity index (χ0v) is 16.2. The van der Waals surface area contributed by atoms with Crippen LogP contribution in [0.4, 0.5) is 0 Å². The Morgan fingerprint density at radius 3 is 2.64 bits per heavy atom.